The fourth-order valence-corrected chi connectivity index (χ4v) is 1.82. The highest BCUT2D eigenvalue weighted by Gasteiger charge is 2.18. The van der Waals surface area contributed by atoms with Gasteiger partial charge in [0, 0.05) is 26.6 Å². The topological polar surface area (TPSA) is 95.6 Å². The van der Waals surface area contributed by atoms with Gasteiger partial charge < -0.3 is 24.8 Å². The van der Waals surface area contributed by atoms with Crippen molar-refractivity contribution in [2.24, 2.45) is 0 Å². The van der Waals surface area contributed by atoms with Crippen molar-refractivity contribution in [3.05, 3.63) is 0 Å². The Labute approximate surface area is 124 Å². The molecule has 0 unspecified atom stereocenters. The van der Waals surface area contributed by atoms with E-state index in [1.54, 1.807) is 7.11 Å². The number of nitrogen functional groups attached to an aromatic ring is 1. The monoisotopic (exact) mass is 297 g/mol. The summed E-state index contributed by atoms with van der Waals surface area (Å²) in [6.45, 7) is 7.23. The molecule has 2 rings (SSSR count). The van der Waals surface area contributed by atoms with Crippen molar-refractivity contribution in [3.8, 4) is 6.01 Å². The lowest BCUT2D eigenvalue weighted by molar-refractivity contribution is 0.00467. The summed E-state index contributed by atoms with van der Waals surface area (Å²) in [7, 11) is 1.68. The number of ether oxygens (including phenoxy) is 3. The number of hydrogen-bond donors (Lipinski definition) is 1. The van der Waals surface area contributed by atoms with Crippen molar-refractivity contribution in [1.82, 2.24) is 15.0 Å². The Morgan fingerprint density at radius 1 is 1.24 bits per heavy atom. The molecule has 0 radical (unpaired) electrons. The third-order valence-corrected chi connectivity index (χ3v) is 3.40. The molecule has 0 atom stereocenters. The number of aromatic nitrogens is 3. The van der Waals surface area contributed by atoms with Crippen molar-refractivity contribution < 1.29 is 14.2 Å². The van der Waals surface area contributed by atoms with Crippen LogP contribution >= 0.6 is 0 Å². The van der Waals surface area contributed by atoms with Crippen LogP contribution in [0, 0.1) is 0 Å². The Hall–Kier alpha value is -1.67. The maximum atomic E-state index is 5.72. The molecule has 2 N–H and O–H groups in total. The average molecular weight is 297 g/mol. The Balaban J connectivity index is 1.98. The zero-order valence-electron chi connectivity index (χ0n) is 12.8. The highest BCUT2D eigenvalue weighted by Crippen LogP contribution is 2.17. The number of morpholine rings is 1. The summed E-state index contributed by atoms with van der Waals surface area (Å²) in [5, 5.41) is 0. The first-order chi connectivity index (χ1) is 10.00. The van der Waals surface area contributed by atoms with Gasteiger partial charge >= 0.3 is 6.01 Å². The molecule has 1 fully saturated rings. The summed E-state index contributed by atoms with van der Waals surface area (Å²) in [5.41, 5.74) is 5.48. The van der Waals surface area contributed by atoms with E-state index < -0.39 is 0 Å². The van der Waals surface area contributed by atoms with Crippen molar-refractivity contribution >= 4 is 11.9 Å². The predicted molar refractivity (Wildman–Crippen MR) is 78.5 cm³/mol. The molecule has 21 heavy (non-hydrogen) atoms. The molecule has 0 amide bonds. The maximum absolute atomic E-state index is 5.72. The van der Waals surface area contributed by atoms with Crippen LogP contribution in [-0.4, -0.2) is 60.6 Å². The first-order valence-corrected chi connectivity index (χ1v) is 7.02. The number of rotatable bonds is 6. The minimum absolute atomic E-state index is 0.160. The normalized spacial score (nSPS) is 16.0. The van der Waals surface area contributed by atoms with Gasteiger partial charge in [-0.25, -0.2) is 0 Å². The van der Waals surface area contributed by atoms with Crippen LogP contribution in [0.1, 0.15) is 20.3 Å². The first kappa shape index (κ1) is 15.7. The molecule has 8 heteroatoms. The second-order valence-electron chi connectivity index (χ2n) is 5.44. The average Bonchev–Trinajstić information content (AvgIpc) is 2.47. The van der Waals surface area contributed by atoms with Crippen molar-refractivity contribution in [3.63, 3.8) is 0 Å². The Morgan fingerprint density at radius 2 is 1.95 bits per heavy atom. The lowest BCUT2D eigenvalue weighted by atomic mass is 10.1. The Bertz CT molecular complexity index is 463. The molecule has 0 bridgehead atoms. The van der Waals surface area contributed by atoms with E-state index >= 15 is 0 Å². The minimum Gasteiger partial charge on any atom is -0.463 e. The van der Waals surface area contributed by atoms with Gasteiger partial charge in [-0.15, -0.1) is 0 Å². The van der Waals surface area contributed by atoms with Gasteiger partial charge in [0.05, 0.1) is 25.4 Å². The summed E-state index contributed by atoms with van der Waals surface area (Å²) < 4.78 is 16.2. The van der Waals surface area contributed by atoms with Gasteiger partial charge in [0.15, 0.2) is 0 Å². The van der Waals surface area contributed by atoms with Gasteiger partial charge in [-0.05, 0) is 13.8 Å². The summed E-state index contributed by atoms with van der Waals surface area (Å²) in [5.74, 6) is 0.694. The third-order valence-electron chi connectivity index (χ3n) is 3.40. The van der Waals surface area contributed by atoms with Crippen LogP contribution in [0.3, 0.4) is 0 Å². The zero-order valence-corrected chi connectivity index (χ0v) is 12.8. The van der Waals surface area contributed by atoms with E-state index in [-0.39, 0.29) is 17.6 Å². The minimum atomic E-state index is -0.244. The predicted octanol–water partition coefficient (Wildman–Crippen LogP) is 0.484. The maximum Gasteiger partial charge on any atom is 0.323 e. The van der Waals surface area contributed by atoms with Gasteiger partial charge in [0.2, 0.25) is 11.9 Å². The van der Waals surface area contributed by atoms with Crippen LogP contribution in [0.4, 0.5) is 11.9 Å². The molecule has 0 aromatic carbocycles. The molecule has 8 nitrogen and oxygen atoms in total. The van der Waals surface area contributed by atoms with Gasteiger partial charge in [-0.3, -0.25) is 0 Å². The summed E-state index contributed by atoms with van der Waals surface area (Å²) >= 11 is 0. The molecule has 1 aromatic heterocycles. The molecule has 118 valence electrons. The standard InChI is InChI=1S/C13H23N5O3/c1-13(2,19-3)4-7-21-12-16-10(14)15-11(17-12)18-5-8-20-9-6-18/h4-9H2,1-3H3,(H2,14,15,16,17). The number of hydrogen-bond acceptors (Lipinski definition) is 8. The van der Waals surface area contributed by atoms with E-state index in [1.807, 2.05) is 18.7 Å². The lowest BCUT2D eigenvalue weighted by Gasteiger charge is -2.26. The van der Waals surface area contributed by atoms with Crippen molar-refractivity contribution in [2.75, 3.05) is 50.7 Å². The Morgan fingerprint density at radius 3 is 2.62 bits per heavy atom. The quantitative estimate of drug-likeness (QED) is 0.810. The van der Waals surface area contributed by atoms with Crippen LogP contribution in [0.2, 0.25) is 0 Å². The number of anilines is 2. The van der Waals surface area contributed by atoms with E-state index in [9.17, 15) is 0 Å². The molecule has 1 aliphatic rings. The van der Waals surface area contributed by atoms with E-state index in [0.29, 0.717) is 25.8 Å². The van der Waals surface area contributed by atoms with Crippen LogP contribution in [0.5, 0.6) is 6.01 Å². The molecule has 1 saturated heterocycles. The fraction of sp³-hybridized carbons (Fsp3) is 0.769. The van der Waals surface area contributed by atoms with E-state index in [1.165, 1.54) is 0 Å². The highest BCUT2D eigenvalue weighted by atomic mass is 16.5. The van der Waals surface area contributed by atoms with Gasteiger partial charge in [-0.2, -0.15) is 15.0 Å². The van der Waals surface area contributed by atoms with Crippen LogP contribution in [0.25, 0.3) is 0 Å². The van der Waals surface area contributed by atoms with Crippen LogP contribution in [-0.2, 0) is 9.47 Å². The second-order valence-corrected chi connectivity index (χ2v) is 5.44. The van der Waals surface area contributed by atoms with Gasteiger partial charge in [0.1, 0.15) is 0 Å². The molecule has 0 aliphatic carbocycles. The molecule has 1 aromatic rings. The molecule has 1 aliphatic heterocycles. The zero-order chi connectivity index (χ0) is 15.3. The highest BCUT2D eigenvalue weighted by molar-refractivity contribution is 5.36. The van der Waals surface area contributed by atoms with Crippen LogP contribution < -0.4 is 15.4 Å². The first-order valence-electron chi connectivity index (χ1n) is 7.02. The molecule has 0 saturated carbocycles. The third kappa shape index (κ3) is 4.68. The van der Waals surface area contributed by atoms with E-state index in [0.717, 1.165) is 19.5 Å². The summed E-state index contributed by atoms with van der Waals surface area (Å²) in [4.78, 5) is 14.5. The Kier molecular flexibility index (Phi) is 5.13. The number of nitrogens with two attached hydrogens (primary N) is 1. The van der Waals surface area contributed by atoms with Gasteiger partial charge in [0.25, 0.3) is 0 Å². The summed E-state index contributed by atoms with van der Waals surface area (Å²) in [6, 6.07) is 0.246. The van der Waals surface area contributed by atoms with Crippen molar-refractivity contribution in [2.45, 2.75) is 25.9 Å². The molecular formula is C13H23N5O3. The molecule has 2 heterocycles. The smallest absolute Gasteiger partial charge is 0.323 e. The molecule has 0 spiro atoms. The summed E-state index contributed by atoms with van der Waals surface area (Å²) in [6.07, 6.45) is 0.724. The lowest BCUT2D eigenvalue weighted by Crippen LogP contribution is -2.37. The fourth-order valence-electron chi connectivity index (χ4n) is 1.82. The van der Waals surface area contributed by atoms with Gasteiger partial charge in [-0.1, -0.05) is 0 Å². The van der Waals surface area contributed by atoms with E-state index in [4.69, 9.17) is 19.9 Å². The number of methoxy groups -OCH3 is 1. The number of nitrogens with zero attached hydrogens (tertiary/aromatic N) is 4. The SMILES string of the molecule is COC(C)(C)CCOc1nc(N)nc(N2CCOCC2)n1. The largest absolute Gasteiger partial charge is 0.463 e. The van der Waals surface area contributed by atoms with Crippen molar-refractivity contribution in [1.29, 1.82) is 0 Å². The van der Waals surface area contributed by atoms with Crippen LogP contribution in [0.15, 0.2) is 0 Å². The second kappa shape index (κ2) is 6.86. The molecular weight excluding hydrogens is 274 g/mol. The van der Waals surface area contributed by atoms with E-state index in [2.05, 4.69) is 15.0 Å².